The molecule has 1 saturated heterocycles. The van der Waals surface area contributed by atoms with Crippen LogP contribution in [-0.2, 0) is 4.79 Å². The first-order valence-corrected chi connectivity index (χ1v) is 4.49. The van der Waals surface area contributed by atoms with Gasteiger partial charge in [-0.2, -0.15) is 0 Å². The molecule has 2 rings (SSSR count). The van der Waals surface area contributed by atoms with Crippen LogP contribution < -0.4 is 10.7 Å². The molecule has 0 saturated carbocycles. The number of nitrogens with zero attached hydrogens (tertiary/aromatic N) is 2. The van der Waals surface area contributed by atoms with Crippen molar-refractivity contribution < 1.29 is 14.4 Å². The molecule has 2 N–H and O–H groups in total. The van der Waals surface area contributed by atoms with Crippen molar-refractivity contribution in [1.82, 2.24) is 20.7 Å². The zero-order valence-corrected chi connectivity index (χ0v) is 8.14. The third-order valence-corrected chi connectivity index (χ3v) is 1.97. The van der Waals surface area contributed by atoms with E-state index in [0.29, 0.717) is 5.56 Å². The molecule has 16 heavy (non-hydrogen) atoms. The summed E-state index contributed by atoms with van der Waals surface area (Å²) in [7, 11) is 0. The van der Waals surface area contributed by atoms with Gasteiger partial charge in [-0.25, -0.2) is 9.80 Å². The van der Waals surface area contributed by atoms with Crippen molar-refractivity contribution in [2.45, 2.75) is 0 Å². The van der Waals surface area contributed by atoms with Gasteiger partial charge in [0.1, 0.15) is 6.54 Å². The molecule has 1 fully saturated rings. The number of imide groups is 1. The minimum absolute atomic E-state index is 0.171. The van der Waals surface area contributed by atoms with Crippen LogP contribution in [0.25, 0.3) is 0 Å². The third kappa shape index (κ3) is 1.97. The quantitative estimate of drug-likeness (QED) is 0.643. The lowest BCUT2D eigenvalue weighted by atomic mass is 10.2. The van der Waals surface area contributed by atoms with Gasteiger partial charge >= 0.3 is 6.03 Å². The van der Waals surface area contributed by atoms with Gasteiger partial charge in [0.25, 0.3) is 5.91 Å². The first-order chi connectivity index (χ1) is 7.66. The molecule has 1 aliphatic rings. The Labute approximate surface area is 90.4 Å². The number of urea groups is 1. The molecule has 1 aromatic heterocycles. The maximum Gasteiger partial charge on any atom is 0.343 e. The Morgan fingerprint density at radius 2 is 2.06 bits per heavy atom. The highest BCUT2D eigenvalue weighted by molar-refractivity contribution is 6.03. The highest BCUT2D eigenvalue weighted by Crippen LogP contribution is 1.99. The molecule has 2 heterocycles. The molecule has 1 aromatic rings. The van der Waals surface area contributed by atoms with Crippen LogP contribution >= 0.6 is 0 Å². The van der Waals surface area contributed by atoms with E-state index in [9.17, 15) is 14.4 Å². The first kappa shape index (κ1) is 10.1. The lowest BCUT2D eigenvalue weighted by Gasteiger charge is -2.14. The van der Waals surface area contributed by atoms with Crippen LogP contribution in [0, 0.1) is 0 Å². The van der Waals surface area contributed by atoms with Gasteiger partial charge < -0.3 is 0 Å². The van der Waals surface area contributed by atoms with Crippen molar-refractivity contribution >= 4 is 17.8 Å². The second-order valence-electron chi connectivity index (χ2n) is 3.12. The summed E-state index contributed by atoms with van der Waals surface area (Å²) >= 11 is 0. The predicted molar refractivity (Wildman–Crippen MR) is 51.9 cm³/mol. The fourth-order valence-electron chi connectivity index (χ4n) is 1.22. The summed E-state index contributed by atoms with van der Waals surface area (Å²) in [5, 5.41) is 2.97. The van der Waals surface area contributed by atoms with E-state index in [0.717, 1.165) is 5.01 Å². The monoisotopic (exact) mass is 220 g/mol. The molecule has 0 radical (unpaired) electrons. The van der Waals surface area contributed by atoms with Gasteiger partial charge in [0.2, 0.25) is 5.91 Å². The fourth-order valence-corrected chi connectivity index (χ4v) is 1.22. The van der Waals surface area contributed by atoms with Crippen molar-refractivity contribution in [1.29, 1.82) is 0 Å². The largest absolute Gasteiger partial charge is 0.343 e. The molecule has 4 amide bonds. The lowest BCUT2D eigenvalue weighted by Crippen LogP contribution is -2.44. The molecule has 82 valence electrons. The molecule has 1 aliphatic heterocycles. The number of amides is 4. The van der Waals surface area contributed by atoms with Gasteiger partial charge in [-0.3, -0.25) is 25.3 Å². The molecular formula is C9H8N4O3. The number of hydrogen-bond donors (Lipinski definition) is 2. The minimum Gasteiger partial charge on any atom is -0.275 e. The van der Waals surface area contributed by atoms with E-state index in [4.69, 9.17) is 0 Å². The van der Waals surface area contributed by atoms with Gasteiger partial charge in [-0.05, 0) is 12.1 Å². The third-order valence-electron chi connectivity index (χ3n) is 1.97. The molecule has 7 heteroatoms. The van der Waals surface area contributed by atoms with Crippen molar-refractivity contribution in [3.63, 3.8) is 0 Å². The van der Waals surface area contributed by atoms with E-state index >= 15 is 0 Å². The summed E-state index contributed by atoms with van der Waals surface area (Å²) in [5.41, 5.74) is 2.67. The Morgan fingerprint density at radius 3 is 2.62 bits per heavy atom. The fraction of sp³-hybridized carbons (Fsp3) is 0.111. The molecule has 0 aliphatic carbocycles. The minimum atomic E-state index is -0.632. The summed E-state index contributed by atoms with van der Waals surface area (Å²) in [6, 6.07) is 2.38. The van der Waals surface area contributed by atoms with Crippen molar-refractivity contribution in [2.75, 3.05) is 6.54 Å². The Morgan fingerprint density at radius 1 is 1.38 bits per heavy atom. The maximum absolute atomic E-state index is 11.6. The summed E-state index contributed by atoms with van der Waals surface area (Å²) in [6.07, 6.45) is 2.92. The van der Waals surface area contributed by atoms with Gasteiger partial charge in [-0.15, -0.1) is 0 Å². The number of carbonyl (C=O) groups excluding carboxylic acids is 3. The van der Waals surface area contributed by atoms with Crippen LogP contribution in [0.5, 0.6) is 0 Å². The number of hydrazine groups is 1. The molecule has 0 spiro atoms. The molecular weight excluding hydrogens is 212 g/mol. The predicted octanol–water partition coefficient (Wildman–Crippen LogP) is -0.722. The van der Waals surface area contributed by atoms with Crippen LogP contribution in [0.2, 0.25) is 0 Å². The van der Waals surface area contributed by atoms with Crippen molar-refractivity contribution in [3.05, 3.63) is 30.1 Å². The van der Waals surface area contributed by atoms with Crippen molar-refractivity contribution in [3.8, 4) is 0 Å². The molecule has 0 unspecified atom stereocenters. The van der Waals surface area contributed by atoms with E-state index < -0.39 is 17.8 Å². The Kier molecular flexibility index (Phi) is 2.50. The van der Waals surface area contributed by atoms with E-state index in [1.54, 1.807) is 0 Å². The summed E-state index contributed by atoms with van der Waals surface area (Å²) in [4.78, 5) is 37.3. The number of hydrogen-bond acceptors (Lipinski definition) is 4. The Balaban J connectivity index is 2.03. The zero-order chi connectivity index (χ0) is 11.5. The van der Waals surface area contributed by atoms with Crippen molar-refractivity contribution in [2.24, 2.45) is 0 Å². The van der Waals surface area contributed by atoms with Gasteiger partial charge in [0.15, 0.2) is 0 Å². The van der Waals surface area contributed by atoms with E-state index in [-0.39, 0.29) is 6.54 Å². The summed E-state index contributed by atoms with van der Waals surface area (Å²) in [6.45, 7) is -0.171. The number of pyridine rings is 1. The topological polar surface area (TPSA) is 91.4 Å². The molecule has 0 bridgehead atoms. The summed E-state index contributed by atoms with van der Waals surface area (Å²) < 4.78 is 0. The standard InChI is InChI=1S/C9H8N4O3/c14-7-5-13(9(16)11-7)12-8(15)6-1-3-10-4-2-6/h1-4H,5H2,(H,12,15)(H,11,14,16). The van der Waals surface area contributed by atoms with Gasteiger partial charge in [-0.1, -0.05) is 0 Å². The average Bonchev–Trinajstić information content (AvgIpc) is 2.59. The van der Waals surface area contributed by atoms with Gasteiger partial charge in [0, 0.05) is 18.0 Å². The second-order valence-corrected chi connectivity index (χ2v) is 3.12. The zero-order valence-electron chi connectivity index (χ0n) is 8.14. The van der Waals surface area contributed by atoms with Gasteiger partial charge in [0.05, 0.1) is 0 Å². The van der Waals surface area contributed by atoms with Crippen LogP contribution in [0.1, 0.15) is 10.4 Å². The normalized spacial score (nSPS) is 14.9. The van der Waals surface area contributed by atoms with Crippen LogP contribution in [0.15, 0.2) is 24.5 Å². The van der Waals surface area contributed by atoms with E-state index in [1.165, 1.54) is 24.5 Å². The number of rotatable bonds is 2. The Bertz CT molecular complexity index is 445. The highest BCUT2D eigenvalue weighted by atomic mass is 16.2. The van der Waals surface area contributed by atoms with Crippen LogP contribution in [0.3, 0.4) is 0 Å². The average molecular weight is 220 g/mol. The van der Waals surface area contributed by atoms with Crippen LogP contribution in [-0.4, -0.2) is 34.4 Å². The highest BCUT2D eigenvalue weighted by Gasteiger charge is 2.28. The number of aromatic nitrogens is 1. The molecule has 0 aromatic carbocycles. The van der Waals surface area contributed by atoms with Crippen LogP contribution in [0.4, 0.5) is 4.79 Å². The lowest BCUT2D eigenvalue weighted by molar-refractivity contribution is -0.118. The number of nitrogens with one attached hydrogen (secondary N) is 2. The smallest absolute Gasteiger partial charge is 0.275 e. The number of carbonyl (C=O) groups is 3. The SMILES string of the molecule is O=C1CN(NC(=O)c2ccncc2)C(=O)N1. The second kappa shape index (κ2) is 3.97. The first-order valence-electron chi connectivity index (χ1n) is 4.49. The molecule has 0 atom stereocenters. The van der Waals surface area contributed by atoms with E-state index in [1.807, 2.05) is 5.32 Å². The molecule has 7 nitrogen and oxygen atoms in total. The Hall–Kier alpha value is -2.44. The summed E-state index contributed by atoms with van der Waals surface area (Å²) in [5.74, 6) is -0.910. The van der Waals surface area contributed by atoms with E-state index in [2.05, 4.69) is 10.4 Å². The maximum atomic E-state index is 11.6.